The third kappa shape index (κ3) is 2.38. The minimum Gasteiger partial charge on any atom is -0.508 e. The molecule has 0 amide bonds. The summed E-state index contributed by atoms with van der Waals surface area (Å²) in [6.07, 6.45) is 0. The van der Waals surface area contributed by atoms with Gasteiger partial charge in [-0.15, -0.1) is 11.3 Å². The molecule has 0 bridgehead atoms. The van der Waals surface area contributed by atoms with Crippen LogP contribution in [-0.4, -0.2) is 11.6 Å². The summed E-state index contributed by atoms with van der Waals surface area (Å²) < 4.78 is 5.97. The van der Waals surface area contributed by atoms with Gasteiger partial charge in [0.1, 0.15) is 12.4 Å². The van der Waals surface area contributed by atoms with Crippen molar-refractivity contribution in [3.63, 3.8) is 0 Å². The van der Waals surface area contributed by atoms with Gasteiger partial charge in [-0.1, -0.05) is 24.3 Å². The molecule has 0 saturated heterocycles. The Bertz CT molecular complexity index is 744. The summed E-state index contributed by atoms with van der Waals surface area (Å²) >= 11 is 1.63. The van der Waals surface area contributed by atoms with Crippen molar-refractivity contribution in [2.75, 3.05) is 0 Å². The van der Waals surface area contributed by atoms with Gasteiger partial charge in [0, 0.05) is 10.3 Å². The summed E-state index contributed by atoms with van der Waals surface area (Å²) in [4.78, 5) is 10.3. The molecule has 0 saturated carbocycles. The first-order valence-corrected chi connectivity index (χ1v) is 7.00. The van der Waals surface area contributed by atoms with E-state index in [1.807, 2.05) is 29.6 Å². The molecular weight excluding hydrogens is 272 g/mol. The summed E-state index contributed by atoms with van der Waals surface area (Å²) in [6.45, 7) is 0.774. The van der Waals surface area contributed by atoms with Crippen LogP contribution in [0.15, 0.2) is 47.8 Å². The van der Waals surface area contributed by atoms with Gasteiger partial charge in [-0.3, -0.25) is 4.79 Å². The first kappa shape index (κ1) is 12.7. The number of phenolic OH excluding ortho intramolecular Hbond substituents is 1. The molecule has 4 heteroatoms. The van der Waals surface area contributed by atoms with Crippen LogP contribution >= 0.6 is 11.3 Å². The van der Waals surface area contributed by atoms with Crippen molar-refractivity contribution < 1.29 is 14.6 Å². The molecule has 0 aliphatic carbocycles. The molecule has 0 fully saturated rings. The van der Waals surface area contributed by atoms with Gasteiger partial charge in [0.25, 0.3) is 6.47 Å². The number of aromatic hydroxyl groups is 1. The fraction of sp³-hybridized carbons (Fsp3) is 0.0625. The second kappa shape index (κ2) is 5.35. The molecule has 1 N–H and O–H groups in total. The van der Waals surface area contributed by atoms with Crippen molar-refractivity contribution in [3.05, 3.63) is 53.4 Å². The van der Waals surface area contributed by atoms with E-state index in [0.717, 1.165) is 26.8 Å². The van der Waals surface area contributed by atoms with Gasteiger partial charge in [0.05, 0.1) is 0 Å². The van der Waals surface area contributed by atoms with E-state index in [0.29, 0.717) is 13.1 Å². The number of carbonyl (C=O) groups excluding carboxylic acids is 1. The van der Waals surface area contributed by atoms with Crippen LogP contribution in [0.3, 0.4) is 0 Å². The summed E-state index contributed by atoms with van der Waals surface area (Å²) in [5.74, 6) is 0.263. The average Bonchev–Trinajstić information content (AvgIpc) is 2.88. The Labute approximate surface area is 120 Å². The molecule has 3 aromatic rings. The topological polar surface area (TPSA) is 46.5 Å². The van der Waals surface area contributed by atoms with E-state index in [1.54, 1.807) is 23.5 Å². The van der Waals surface area contributed by atoms with Crippen molar-refractivity contribution in [1.82, 2.24) is 0 Å². The van der Waals surface area contributed by atoms with E-state index in [9.17, 15) is 9.90 Å². The van der Waals surface area contributed by atoms with Crippen molar-refractivity contribution >= 4 is 27.9 Å². The van der Waals surface area contributed by atoms with Gasteiger partial charge in [-0.25, -0.2) is 0 Å². The maximum Gasteiger partial charge on any atom is 0.293 e. The number of thiophene rings is 1. The highest BCUT2D eigenvalue weighted by molar-refractivity contribution is 7.17. The number of benzene rings is 2. The molecule has 0 aliphatic rings. The van der Waals surface area contributed by atoms with E-state index in [1.165, 1.54) is 0 Å². The maximum absolute atomic E-state index is 10.3. The lowest BCUT2D eigenvalue weighted by atomic mass is 10.0. The molecule has 1 aromatic heterocycles. The lowest BCUT2D eigenvalue weighted by molar-refractivity contribution is -0.129. The molecule has 1 heterocycles. The van der Waals surface area contributed by atoms with Gasteiger partial charge in [-0.2, -0.15) is 0 Å². The molecule has 0 atom stereocenters. The predicted molar refractivity (Wildman–Crippen MR) is 79.8 cm³/mol. The highest BCUT2D eigenvalue weighted by Gasteiger charge is 2.06. The smallest absolute Gasteiger partial charge is 0.293 e. The predicted octanol–water partition coefficient (Wildman–Crippen LogP) is 3.95. The van der Waals surface area contributed by atoms with Crippen LogP contribution in [0.4, 0.5) is 0 Å². The molecule has 0 unspecified atom stereocenters. The molecular formula is C16H12O3S. The molecule has 0 spiro atoms. The first-order valence-electron chi connectivity index (χ1n) is 6.13. The lowest BCUT2D eigenvalue weighted by Crippen LogP contribution is -1.88. The second-order valence-electron chi connectivity index (χ2n) is 4.43. The standard InChI is InChI=1S/C16H12O3S/c17-10-19-8-13-9-20-16-7-12(3-6-15(13)16)11-1-4-14(18)5-2-11/h1-7,9-10,18H,8H2. The quantitative estimate of drug-likeness (QED) is 0.738. The van der Waals surface area contributed by atoms with Crippen LogP contribution in [0.1, 0.15) is 5.56 Å². The van der Waals surface area contributed by atoms with Crippen LogP contribution < -0.4 is 0 Å². The summed E-state index contributed by atoms with van der Waals surface area (Å²) in [5.41, 5.74) is 3.18. The van der Waals surface area contributed by atoms with Gasteiger partial charge in [0.2, 0.25) is 0 Å². The lowest BCUT2D eigenvalue weighted by Gasteiger charge is -2.03. The Hall–Kier alpha value is -2.33. The summed E-state index contributed by atoms with van der Waals surface area (Å²) in [7, 11) is 0. The van der Waals surface area contributed by atoms with Gasteiger partial charge >= 0.3 is 0 Å². The zero-order valence-corrected chi connectivity index (χ0v) is 11.4. The van der Waals surface area contributed by atoms with Crippen LogP contribution in [0.2, 0.25) is 0 Å². The number of hydrogen-bond acceptors (Lipinski definition) is 4. The highest BCUT2D eigenvalue weighted by atomic mass is 32.1. The molecule has 0 aliphatic heterocycles. The number of phenols is 1. The molecule has 100 valence electrons. The van der Waals surface area contributed by atoms with E-state index in [4.69, 9.17) is 4.74 Å². The highest BCUT2D eigenvalue weighted by Crippen LogP contribution is 2.31. The molecule has 3 nitrogen and oxygen atoms in total. The largest absolute Gasteiger partial charge is 0.508 e. The van der Waals surface area contributed by atoms with E-state index >= 15 is 0 Å². The fourth-order valence-corrected chi connectivity index (χ4v) is 3.14. The number of ether oxygens (including phenoxy) is 1. The minimum atomic E-state index is 0.263. The van der Waals surface area contributed by atoms with Crippen molar-refractivity contribution in [1.29, 1.82) is 0 Å². The van der Waals surface area contributed by atoms with E-state index in [-0.39, 0.29) is 5.75 Å². The minimum absolute atomic E-state index is 0.263. The molecule has 3 rings (SSSR count). The molecule has 2 aromatic carbocycles. The third-order valence-electron chi connectivity index (χ3n) is 3.16. The zero-order valence-electron chi connectivity index (χ0n) is 10.6. The van der Waals surface area contributed by atoms with E-state index < -0.39 is 0 Å². The number of rotatable bonds is 4. The Balaban J connectivity index is 1.99. The van der Waals surface area contributed by atoms with E-state index in [2.05, 4.69) is 6.07 Å². The second-order valence-corrected chi connectivity index (χ2v) is 5.34. The zero-order chi connectivity index (χ0) is 13.9. The summed E-state index contributed by atoms with van der Waals surface area (Å²) in [6, 6.07) is 13.3. The Kier molecular flexibility index (Phi) is 3.39. The first-order chi connectivity index (χ1) is 9.78. The monoisotopic (exact) mass is 284 g/mol. The van der Waals surface area contributed by atoms with Gasteiger partial charge in [0.15, 0.2) is 0 Å². The van der Waals surface area contributed by atoms with Crippen LogP contribution in [0, 0.1) is 0 Å². The number of fused-ring (bicyclic) bond motifs is 1. The van der Waals surface area contributed by atoms with Gasteiger partial charge in [-0.05, 0) is 40.1 Å². The Morgan fingerprint density at radius 1 is 1.10 bits per heavy atom. The number of hydrogen-bond donors (Lipinski definition) is 1. The van der Waals surface area contributed by atoms with Crippen LogP contribution in [0.5, 0.6) is 5.75 Å². The van der Waals surface area contributed by atoms with Crippen LogP contribution in [-0.2, 0) is 16.1 Å². The Morgan fingerprint density at radius 2 is 1.85 bits per heavy atom. The normalized spacial score (nSPS) is 10.6. The van der Waals surface area contributed by atoms with Gasteiger partial charge < -0.3 is 9.84 Å². The van der Waals surface area contributed by atoms with Crippen molar-refractivity contribution in [3.8, 4) is 16.9 Å². The number of carbonyl (C=O) groups is 1. The van der Waals surface area contributed by atoms with Crippen LogP contribution in [0.25, 0.3) is 21.2 Å². The molecule has 20 heavy (non-hydrogen) atoms. The average molecular weight is 284 g/mol. The summed E-state index contributed by atoms with van der Waals surface area (Å²) in [5, 5.41) is 12.4. The Morgan fingerprint density at radius 3 is 2.60 bits per heavy atom. The third-order valence-corrected chi connectivity index (χ3v) is 4.16. The SMILES string of the molecule is O=COCc1csc2cc(-c3ccc(O)cc3)ccc12. The maximum atomic E-state index is 10.3. The van der Waals surface area contributed by atoms with Crippen molar-refractivity contribution in [2.24, 2.45) is 0 Å². The molecule has 0 radical (unpaired) electrons. The fourth-order valence-electron chi connectivity index (χ4n) is 2.15. The van der Waals surface area contributed by atoms with Crippen molar-refractivity contribution in [2.45, 2.75) is 6.61 Å².